The lowest BCUT2D eigenvalue weighted by Crippen LogP contribution is -2.56. The number of carbonyl (C=O) groups excluding carboxylic acids is 2. The number of alkyl halides is 1. The normalized spacial score (nSPS) is 22.9. The van der Waals surface area contributed by atoms with Crippen LogP contribution in [0.5, 0.6) is 11.5 Å². The molecule has 48 heavy (non-hydrogen) atoms. The number of hydrogen-bond donors (Lipinski definition) is 3. The molecule has 2 amide bonds. The Morgan fingerprint density at radius 1 is 1.06 bits per heavy atom. The molecule has 2 aromatic rings. The molecule has 0 aromatic heterocycles. The first-order valence-electron chi connectivity index (χ1n) is 17.0. The van der Waals surface area contributed by atoms with Gasteiger partial charge in [0.05, 0.1) is 17.3 Å². The van der Waals surface area contributed by atoms with E-state index in [1.165, 1.54) is 12.1 Å². The van der Waals surface area contributed by atoms with E-state index in [9.17, 15) is 9.59 Å². The summed E-state index contributed by atoms with van der Waals surface area (Å²) >= 11 is 0. The summed E-state index contributed by atoms with van der Waals surface area (Å²) in [6.45, 7) is 9.35. The van der Waals surface area contributed by atoms with Crippen LogP contribution in [0.3, 0.4) is 0 Å². The lowest BCUT2D eigenvalue weighted by molar-refractivity contribution is -0.128. The van der Waals surface area contributed by atoms with Crippen molar-refractivity contribution in [1.82, 2.24) is 20.0 Å². The highest BCUT2D eigenvalue weighted by Gasteiger charge is 2.35. The molecular formula is C37H48F2N6O3. The Hall–Kier alpha value is -3.96. The van der Waals surface area contributed by atoms with E-state index < -0.39 is 23.9 Å². The number of rotatable bonds is 11. The number of nitrogens with zero attached hydrogens (tertiary/aromatic N) is 3. The number of allylic oxidation sites excluding steroid dienone is 2. The van der Waals surface area contributed by atoms with Crippen LogP contribution in [-0.4, -0.2) is 96.0 Å². The Kier molecular flexibility index (Phi) is 11.4. The van der Waals surface area contributed by atoms with E-state index in [1.807, 2.05) is 20.8 Å². The highest BCUT2D eigenvalue weighted by atomic mass is 19.1. The number of likely N-dealkylation sites (tertiary alicyclic amines) is 3. The Morgan fingerprint density at radius 3 is 2.40 bits per heavy atom. The van der Waals surface area contributed by atoms with Crippen molar-refractivity contribution in [2.75, 3.05) is 39.8 Å². The molecule has 3 N–H and O–H groups in total. The summed E-state index contributed by atoms with van der Waals surface area (Å²) in [7, 11) is 2.09. The van der Waals surface area contributed by atoms with E-state index in [1.54, 1.807) is 41.3 Å². The summed E-state index contributed by atoms with van der Waals surface area (Å²) in [6, 6.07) is 8.94. The van der Waals surface area contributed by atoms with Crippen LogP contribution in [0.1, 0.15) is 67.9 Å². The van der Waals surface area contributed by atoms with Gasteiger partial charge >= 0.3 is 0 Å². The van der Waals surface area contributed by atoms with Crippen molar-refractivity contribution >= 4 is 23.2 Å². The summed E-state index contributed by atoms with van der Waals surface area (Å²) in [4.78, 5) is 32.1. The van der Waals surface area contributed by atoms with Crippen LogP contribution in [0.25, 0.3) is 0 Å². The van der Waals surface area contributed by atoms with Gasteiger partial charge in [0.25, 0.3) is 5.91 Å². The molecule has 0 radical (unpaired) electrons. The molecule has 258 valence electrons. The van der Waals surface area contributed by atoms with Gasteiger partial charge in [0.1, 0.15) is 23.5 Å². The van der Waals surface area contributed by atoms with Crippen LogP contribution >= 0.6 is 0 Å². The molecule has 0 aliphatic carbocycles. The van der Waals surface area contributed by atoms with Crippen LogP contribution in [0.2, 0.25) is 0 Å². The zero-order valence-corrected chi connectivity index (χ0v) is 28.4. The summed E-state index contributed by atoms with van der Waals surface area (Å²) < 4.78 is 37.2. The zero-order valence-electron chi connectivity index (χ0n) is 28.4. The van der Waals surface area contributed by atoms with Gasteiger partial charge in [0.15, 0.2) is 0 Å². The minimum Gasteiger partial charge on any atom is -0.457 e. The third-order valence-electron chi connectivity index (χ3n) is 9.70. The van der Waals surface area contributed by atoms with Gasteiger partial charge in [-0.15, -0.1) is 0 Å². The number of amides is 2. The van der Waals surface area contributed by atoms with Crippen LogP contribution < -0.4 is 10.1 Å². The molecule has 0 spiro atoms. The van der Waals surface area contributed by atoms with Crippen LogP contribution in [-0.2, 0) is 11.3 Å². The van der Waals surface area contributed by atoms with Crippen molar-refractivity contribution in [3.8, 4) is 11.5 Å². The predicted octanol–water partition coefficient (Wildman–Crippen LogP) is 5.82. The smallest absolute Gasteiger partial charge is 0.254 e. The molecule has 0 unspecified atom stereocenters. The van der Waals surface area contributed by atoms with Crippen molar-refractivity contribution in [1.29, 1.82) is 10.8 Å². The Balaban J connectivity index is 1.32. The molecule has 3 saturated heterocycles. The molecule has 0 saturated carbocycles. The molecular weight excluding hydrogens is 614 g/mol. The Labute approximate surface area is 282 Å². The number of piperidine rings is 2. The highest BCUT2D eigenvalue weighted by Crippen LogP contribution is 2.32. The van der Waals surface area contributed by atoms with Gasteiger partial charge in [0, 0.05) is 49.9 Å². The number of nitrogens with one attached hydrogen (secondary N) is 3. The third-order valence-corrected chi connectivity index (χ3v) is 9.70. The third kappa shape index (κ3) is 8.73. The first-order chi connectivity index (χ1) is 22.9. The number of carbonyl (C=O) groups is 2. The first-order valence-corrected chi connectivity index (χ1v) is 17.0. The topological polar surface area (TPSA) is 113 Å². The van der Waals surface area contributed by atoms with Crippen molar-refractivity contribution in [3.63, 3.8) is 0 Å². The fraction of sp³-hybridized carbons (Fsp3) is 0.514. The molecule has 2 aromatic carbocycles. The minimum absolute atomic E-state index is 0.0299. The molecule has 0 bridgehead atoms. The molecule has 3 aliphatic rings. The number of hydrogen-bond acceptors (Lipinski definition) is 7. The molecule has 3 atom stereocenters. The fourth-order valence-electron chi connectivity index (χ4n) is 6.64. The predicted molar refractivity (Wildman–Crippen MR) is 184 cm³/mol. The first kappa shape index (κ1) is 35.3. The SMILES string of the molecule is CC(C)C(=N)/C=C\C(=N)c1ccc(Oc2cc(C(=O)N[C@@H]3CCN(C4CCN(C)CC4)C[C@@H]3F)c(F)cc2CN2C[C@@H](C)CC2=O)cc1. The molecule has 3 aliphatic heterocycles. The van der Waals surface area contributed by atoms with Crippen LogP contribution in [0.15, 0.2) is 48.6 Å². The van der Waals surface area contributed by atoms with Crippen molar-refractivity contribution < 1.29 is 23.1 Å². The van der Waals surface area contributed by atoms with Gasteiger partial charge < -0.3 is 30.7 Å². The van der Waals surface area contributed by atoms with E-state index in [4.69, 9.17) is 15.6 Å². The zero-order chi connectivity index (χ0) is 34.5. The Bertz CT molecular complexity index is 1540. The average Bonchev–Trinajstić information content (AvgIpc) is 3.37. The second-order valence-electron chi connectivity index (χ2n) is 13.9. The lowest BCUT2D eigenvalue weighted by Gasteiger charge is -2.42. The molecule has 9 nitrogen and oxygen atoms in total. The van der Waals surface area contributed by atoms with E-state index in [-0.39, 0.29) is 47.9 Å². The summed E-state index contributed by atoms with van der Waals surface area (Å²) in [5.74, 6) is -0.655. The van der Waals surface area contributed by atoms with Crippen molar-refractivity contribution in [2.45, 2.75) is 71.3 Å². The molecule has 3 heterocycles. The van der Waals surface area contributed by atoms with Gasteiger partial charge in [-0.1, -0.05) is 20.8 Å². The largest absolute Gasteiger partial charge is 0.457 e. The Morgan fingerprint density at radius 2 is 1.77 bits per heavy atom. The number of ether oxygens (including phenoxy) is 1. The van der Waals surface area contributed by atoms with Gasteiger partial charge in [-0.25, -0.2) is 8.78 Å². The summed E-state index contributed by atoms with van der Waals surface area (Å²) in [5.41, 5.74) is 1.44. The lowest BCUT2D eigenvalue weighted by atomic mass is 9.96. The maximum Gasteiger partial charge on any atom is 0.254 e. The summed E-state index contributed by atoms with van der Waals surface area (Å²) in [5, 5.41) is 19.1. The summed E-state index contributed by atoms with van der Waals surface area (Å²) in [6.07, 6.45) is 4.76. The maximum atomic E-state index is 15.6. The minimum atomic E-state index is -1.27. The van der Waals surface area contributed by atoms with Crippen molar-refractivity contribution in [2.24, 2.45) is 11.8 Å². The average molecular weight is 663 g/mol. The molecule has 3 fully saturated rings. The highest BCUT2D eigenvalue weighted by molar-refractivity contribution is 6.10. The van der Waals surface area contributed by atoms with Gasteiger partial charge in [-0.2, -0.15) is 0 Å². The molecule has 5 rings (SSSR count). The number of halogens is 2. The van der Waals surface area contributed by atoms with Gasteiger partial charge in [0.2, 0.25) is 5.91 Å². The van der Waals surface area contributed by atoms with E-state index >= 15 is 8.78 Å². The van der Waals surface area contributed by atoms with Crippen molar-refractivity contribution in [3.05, 3.63) is 71.1 Å². The van der Waals surface area contributed by atoms with E-state index in [0.717, 1.165) is 25.9 Å². The standard InChI is InChI=1S/C37H48F2N6O3/c1-23(2)32(40)9-10-33(41)25-5-7-28(8-6-25)48-35-19-29(30(38)18-26(35)21-45-20-24(3)17-36(45)46)37(47)42-34-13-16-44(22-31(34)39)27-11-14-43(4)15-12-27/h5-10,18-19,23-24,27,31,34,40-41H,11-17,20-22H2,1-4H3,(H,42,47)/b10-9-,40-32?,41-33?/t24-,31-,34+/m0/s1. The second kappa shape index (κ2) is 15.5. The van der Waals surface area contributed by atoms with E-state index in [2.05, 4.69) is 22.2 Å². The fourth-order valence-corrected chi connectivity index (χ4v) is 6.64. The molecule has 11 heteroatoms. The van der Waals surface area contributed by atoms with Gasteiger partial charge in [-0.3, -0.25) is 14.5 Å². The second-order valence-corrected chi connectivity index (χ2v) is 13.9. The van der Waals surface area contributed by atoms with Crippen LogP contribution in [0.4, 0.5) is 8.78 Å². The van der Waals surface area contributed by atoms with E-state index in [0.29, 0.717) is 54.6 Å². The number of benzene rings is 2. The maximum absolute atomic E-state index is 15.6. The monoisotopic (exact) mass is 662 g/mol. The van der Waals surface area contributed by atoms with Crippen LogP contribution in [0, 0.1) is 28.5 Å². The van der Waals surface area contributed by atoms with Gasteiger partial charge in [-0.05, 0) is 105 Å². The quantitative estimate of drug-likeness (QED) is 0.263.